The Morgan fingerprint density at radius 3 is 2.43 bits per heavy atom. The highest BCUT2D eigenvalue weighted by Gasteiger charge is 2.62. The van der Waals surface area contributed by atoms with Gasteiger partial charge in [0.15, 0.2) is 29.1 Å². The molecule has 0 saturated carbocycles. The van der Waals surface area contributed by atoms with E-state index in [4.69, 9.17) is 18.9 Å². The van der Waals surface area contributed by atoms with Crippen molar-refractivity contribution >= 4 is 12.1 Å². The topological polar surface area (TPSA) is 132 Å². The second-order valence-corrected chi connectivity index (χ2v) is 7.82. The fourth-order valence-corrected chi connectivity index (χ4v) is 4.76. The number of aromatic hydroxyl groups is 1. The molecule has 2 aliphatic heterocycles. The molecule has 0 radical (unpaired) electrons. The minimum atomic E-state index is -1.75. The van der Waals surface area contributed by atoms with Crippen molar-refractivity contribution in [2.24, 2.45) is 5.92 Å². The van der Waals surface area contributed by atoms with Gasteiger partial charge in [0, 0.05) is 36.7 Å². The van der Waals surface area contributed by atoms with Gasteiger partial charge in [-0.15, -0.1) is 0 Å². The summed E-state index contributed by atoms with van der Waals surface area (Å²) >= 11 is 0. The molecule has 0 fully saturated rings. The summed E-state index contributed by atoms with van der Waals surface area (Å²) in [6.45, 7) is 4.65. The van der Waals surface area contributed by atoms with E-state index in [1.807, 2.05) is 0 Å². The maximum Gasteiger partial charge on any atom is 0.240 e. The van der Waals surface area contributed by atoms with Gasteiger partial charge in [-0.2, -0.15) is 0 Å². The summed E-state index contributed by atoms with van der Waals surface area (Å²) in [5.41, 5.74) is -1.25. The highest BCUT2D eigenvalue weighted by atomic mass is 16.7. The van der Waals surface area contributed by atoms with Crippen molar-refractivity contribution in [3.8, 4) is 17.2 Å². The minimum absolute atomic E-state index is 0.0162. The molecule has 160 valence electrons. The molecule has 9 nitrogen and oxygen atoms in total. The van der Waals surface area contributed by atoms with Gasteiger partial charge in [0.1, 0.15) is 11.9 Å². The van der Waals surface area contributed by atoms with Crippen LogP contribution < -0.4 is 9.47 Å². The fraction of sp³-hybridized carbons (Fsp3) is 0.429. The van der Waals surface area contributed by atoms with Gasteiger partial charge in [-0.25, -0.2) is 0 Å². The third-order valence-corrected chi connectivity index (χ3v) is 6.09. The number of ketones is 1. The normalized spacial score (nSPS) is 32.4. The number of hydrogen-bond donors (Lipinski definition) is 3. The largest absolute Gasteiger partial charge is 0.509 e. The lowest BCUT2D eigenvalue weighted by molar-refractivity contribution is -0.242. The highest BCUT2D eigenvalue weighted by molar-refractivity contribution is 6.01. The number of benzene rings is 1. The molecular weight excluding hydrogens is 396 g/mol. The van der Waals surface area contributed by atoms with Gasteiger partial charge in [0.05, 0.1) is 12.7 Å². The predicted molar refractivity (Wildman–Crippen MR) is 102 cm³/mol. The van der Waals surface area contributed by atoms with Crippen LogP contribution in [0.3, 0.4) is 0 Å². The van der Waals surface area contributed by atoms with Crippen LogP contribution in [0.5, 0.6) is 17.2 Å². The number of rotatable bonds is 3. The Bertz CT molecular complexity index is 1050. The van der Waals surface area contributed by atoms with E-state index < -0.39 is 40.7 Å². The number of ether oxygens (including phenoxy) is 4. The zero-order chi connectivity index (χ0) is 22.2. The van der Waals surface area contributed by atoms with Gasteiger partial charge in [-0.1, -0.05) is 6.92 Å². The average Bonchev–Trinajstić information content (AvgIpc) is 2.70. The lowest BCUT2D eigenvalue weighted by Crippen LogP contribution is -2.58. The lowest BCUT2D eigenvalue weighted by atomic mass is 9.70. The van der Waals surface area contributed by atoms with Crippen LogP contribution >= 0.6 is 0 Å². The van der Waals surface area contributed by atoms with Crippen LogP contribution in [0.25, 0.3) is 0 Å². The van der Waals surface area contributed by atoms with Crippen molar-refractivity contribution in [2.45, 2.75) is 38.3 Å². The van der Waals surface area contributed by atoms with Gasteiger partial charge in [0.2, 0.25) is 17.3 Å². The number of hydrogen-bond acceptors (Lipinski definition) is 9. The first-order valence-electron chi connectivity index (χ1n) is 9.29. The van der Waals surface area contributed by atoms with Crippen molar-refractivity contribution in [1.29, 1.82) is 0 Å². The monoisotopic (exact) mass is 418 g/mol. The molecule has 1 aromatic rings. The third-order valence-electron chi connectivity index (χ3n) is 6.09. The Balaban J connectivity index is 2.13. The molecule has 1 aliphatic carbocycles. The van der Waals surface area contributed by atoms with Crippen LogP contribution in [-0.4, -0.2) is 53.5 Å². The molecule has 0 aromatic heterocycles. The molecule has 4 rings (SSSR count). The molecule has 3 N–H and O–H groups in total. The predicted octanol–water partition coefficient (Wildman–Crippen LogP) is 2.43. The van der Waals surface area contributed by atoms with E-state index in [-0.39, 0.29) is 39.5 Å². The first-order valence-corrected chi connectivity index (χ1v) is 9.29. The van der Waals surface area contributed by atoms with E-state index in [0.29, 0.717) is 6.29 Å². The number of phenols is 1. The molecular formula is C21H22O9. The van der Waals surface area contributed by atoms with Crippen molar-refractivity contribution < 1.29 is 43.9 Å². The summed E-state index contributed by atoms with van der Waals surface area (Å²) in [6.07, 6.45) is -0.486. The lowest BCUT2D eigenvalue weighted by Gasteiger charge is -2.53. The molecule has 0 saturated heterocycles. The Morgan fingerprint density at radius 2 is 1.87 bits per heavy atom. The van der Waals surface area contributed by atoms with Crippen LogP contribution in [0.4, 0.5) is 0 Å². The van der Waals surface area contributed by atoms with Crippen LogP contribution in [0.2, 0.25) is 0 Å². The van der Waals surface area contributed by atoms with Gasteiger partial charge < -0.3 is 34.3 Å². The molecule has 0 spiro atoms. The summed E-state index contributed by atoms with van der Waals surface area (Å²) in [7, 11) is 2.65. The van der Waals surface area contributed by atoms with Crippen molar-refractivity contribution in [3.63, 3.8) is 0 Å². The van der Waals surface area contributed by atoms with Gasteiger partial charge >= 0.3 is 0 Å². The molecule has 9 heteroatoms. The molecule has 2 heterocycles. The summed E-state index contributed by atoms with van der Waals surface area (Å²) in [5, 5.41) is 32.7. The van der Waals surface area contributed by atoms with Crippen LogP contribution in [0.15, 0.2) is 28.7 Å². The first-order chi connectivity index (χ1) is 14.1. The summed E-state index contributed by atoms with van der Waals surface area (Å²) in [6, 6.07) is 1.31. The quantitative estimate of drug-likeness (QED) is 0.633. The zero-order valence-corrected chi connectivity index (χ0v) is 17.1. The van der Waals surface area contributed by atoms with Gasteiger partial charge in [0.25, 0.3) is 0 Å². The number of aliphatic hydroxyl groups is 2. The summed E-state index contributed by atoms with van der Waals surface area (Å²) in [5.74, 6) is -4.62. The number of fused-ring (bicyclic) bond motifs is 6. The van der Waals surface area contributed by atoms with E-state index in [1.54, 1.807) is 6.92 Å². The number of phenolic OH excluding ortho intramolecular Hbond substituents is 1. The van der Waals surface area contributed by atoms with Gasteiger partial charge in [-0.05, 0) is 13.0 Å². The Labute approximate surface area is 172 Å². The number of carbonyl (C=O) groups excluding carboxylic acids is 2. The standard InChI is InChI=1S/C21H22O9/c1-8-11-13(15(24)16(25)17(8)28-5)21(3)29-18-12(20(2,30-21)19(11)26)9(7-22)6-10(27-4)14(18)23/h6-8,17,23-24,26H,1-5H3. The summed E-state index contributed by atoms with van der Waals surface area (Å²) in [4.78, 5) is 24.5. The van der Waals surface area contributed by atoms with Crippen LogP contribution in [-0.2, 0) is 19.9 Å². The van der Waals surface area contributed by atoms with Crippen molar-refractivity contribution in [1.82, 2.24) is 0 Å². The first kappa shape index (κ1) is 20.2. The molecule has 4 atom stereocenters. The smallest absolute Gasteiger partial charge is 0.240 e. The number of aliphatic hydroxyl groups excluding tert-OH is 2. The van der Waals surface area contributed by atoms with Crippen LogP contribution in [0.1, 0.15) is 36.7 Å². The highest BCUT2D eigenvalue weighted by Crippen LogP contribution is 2.60. The second-order valence-electron chi connectivity index (χ2n) is 7.82. The molecule has 0 amide bonds. The molecule has 1 aromatic carbocycles. The Morgan fingerprint density at radius 1 is 1.20 bits per heavy atom. The number of carbonyl (C=O) groups is 2. The zero-order valence-electron chi connectivity index (χ0n) is 17.1. The second kappa shape index (κ2) is 6.23. The molecule has 2 bridgehead atoms. The maximum absolute atomic E-state index is 12.7. The molecule has 4 unspecified atom stereocenters. The number of aldehydes is 1. The van der Waals surface area contributed by atoms with E-state index in [2.05, 4.69) is 0 Å². The third kappa shape index (κ3) is 2.24. The molecule has 30 heavy (non-hydrogen) atoms. The average molecular weight is 418 g/mol. The van der Waals surface area contributed by atoms with Gasteiger partial charge in [-0.3, -0.25) is 9.59 Å². The van der Waals surface area contributed by atoms with E-state index in [1.165, 1.54) is 34.1 Å². The van der Waals surface area contributed by atoms with Crippen molar-refractivity contribution in [3.05, 3.63) is 39.9 Å². The number of Topliss-reactive ketones (excluding diaryl/α,β-unsaturated/α-hetero) is 1. The fourth-order valence-electron chi connectivity index (χ4n) is 4.76. The van der Waals surface area contributed by atoms with E-state index in [0.717, 1.165) is 0 Å². The van der Waals surface area contributed by atoms with Crippen LogP contribution in [0, 0.1) is 5.92 Å². The summed E-state index contributed by atoms with van der Waals surface area (Å²) < 4.78 is 22.4. The Hall–Kier alpha value is -3.04. The van der Waals surface area contributed by atoms with E-state index >= 15 is 0 Å². The number of methoxy groups -OCH3 is 2. The SMILES string of the molecule is COc1cc(C=O)c2c(c1O)OC1(C)OC2(C)C(O)=C2C1=C(O)C(=O)C(OC)C2C. The molecule has 3 aliphatic rings. The van der Waals surface area contributed by atoms with E-state index in [9.17, 15) is 24.9 Å². The minimum Gasteiger partial charge on any atom is -0.509 e. The Kier molecular flexibility index (Phi) is 4.20. The maximum atomic E-state index is 12.7. The van der Waals surface area contributed by atoms with Crippen molar-refractivity contribution in [2.75, 3.05) is 14.2 Å².